The lowest BCUT2D eigenvalue weighted by atomic mass is 9.76. The molecule has 8 heteroatoms. The number of aromatic nitrogens is 4. The molecule has 6 rings (SSSR count). The zero-order chi connectivity index (χ0) is 27.4. The van der Waals surface area contributed by atoms with Gasteiger partial charge < -0.3 is 9.72 Å². The van der Waals surface area contributed by atoms with Crippen LogP contribution in [0.1, 0.15) is 49.8 Å². The largest absolute Gasteiger partial charge is 0.360 e. The van der Waals surface area contributed by atoms with E-state index in [-0.39, 0.29) is 5.91 Å². The van der Waals surface area contributed by atoms with Crippen LogP contribution in [0.4, 0.5) is 11.4 Å². The molecule has 2 aliphatic rings. The van der Waals surface area contributed by atoms with Gasteiger partial charge in [0.25, 0.3) is 0 Å². The van der Waals surface area contributed by atoms with Gasteiger partial charge in [-0.1, -0.05) is 33.5 Å². The predicted octanol–water partition coefficient (Wildman–Crippen LogP) is 6.96. The average molecular weight is 542 g/mol. The second-order valence-corrected chi connectivity index (χ2v) is 17.9. The number of fused-ring (bicyclic) bond motifs is 6. The highest BCUT2D eigenvalue weighted by Gasteiger charge is 2.49. The fourth-order valence-electron chi connectivity index (χ4n) is 6.34. The fraction of sp³-hybridized carbons (Fsp3) is 0.452. The molecule has 0 radical (unpaired) electrons. The molecule has 1 aromatic carbocycles. The van der Waals surface area contributed by atoms with Crippen LogP contribution in [-0.4, -0.2) is 40.3 Å². The molecule has 1 aliphatic carbocycles. The van der Waals surface area contributed by atoms with Crippen LogP contribution in [0, 0.1) is 0 Å². The smallest absolute Gasteiger partial charge is 0.242 e. The number of pyridine rings is 1. The zero-order valence-electron chi connectivity index (χ0n) is 23.8. The van der Waals surface area contributed by atoms with E-state index in [4.69, 9.17) is 9.84 Å². The normalized spacial score (nSPS) is 16.3. The number of ether oxygens (including phenoxy) is 1. The van der Waals surface area contributed by atoms with Crippen molar-refractivity contribution in [2.45, 2.75) is 83.8 Å². The number of anilines is 2. The number of H-pyrrole nitrogens is 1. The highest BCUT2D eigenvalue weighted by molar-refractivity contribution is 6.76. The SMILES string of the molecule is CCC1(CC)C(=O)N(c2cccnc2)c2cc3c4c([nH]c3cc21)-c1nn(COCC[Si](C)(C)C)cc1CCC4. The lowest BCUT2D eigenvalue weighted by Crippen LogP contribution is -2.37. The maximum absolute atomic E-state index is 14.0. The van der Waals surface area contributed by atoms with Crippen LogP contribution in [0.5, 0.6) is 0 Å². The molecule has 0 atom stereocenters. The molecular formula is C31H39N5O2Si. The van der Waals surface area contributed by atoms with Crippen molar-refractivity contribution in [3.8, 4) is 11.4 Å². The number of nitrogens with one attached hydrogen (secondary N) is 1. The van der Waals surface area contributed by atoms with Crippen LogP contribution in [-0.2, 0) is 34.5 Å². The molecule has 0 saturated heterocycles. The molecule has 3 aromatic heterocycles. The lowest BCUT2D eigenvalue weighted by molar-refractivity contribution is -0.122. The van der Waals surface area contributed by atoms with Gasteiger partial charge in [-0.3, -0.25) is 14.7 Å². The van der Waals surface area contributed by atoms with Gasteiger partial charge in [-0.05, 0) is 79.1 Å². The molecular weight excluding hydrogens is 502 g/mol. The summed E-state index contributed by atoms with van der Waals surface area (Å²) in [5.74, 6) is 0.143. The maximum Gasteiger partial charge on any atom is 0.242 e. The molecule has 0 bridgehead atoms. The van der Waals surface area contributed by atoms with Crippen molar-refractivity contribution in [2.24, 2.45) is 0 Å². The molecule has 1 aliphatic heterocycles. The van der Waals surface area contributed by atoms with E-state index < -0.39 is 13.5 Å². The molecule has 1 amide bonds. The van der Waals surface area contributed by atoms with E-state index in [1.54, 1.807) is 12.4 Å². The minimum atomic E-state index is -1.12. The Hall–Kier alpha value is -3.23. The first-order valence-corrected chi connectivity index (χ1v) is 18.0. The minimum Gasteiger partial charge on any atom is -0.360 e. The number of hydrogen-bond acceptors (Lipinski definition) is 4. The average Bonchev–Trinajstić information content (AvgIpc) is 3.52. The number of nitrogens with zero attached hydrogens (tertiary/aromatic N) is 4. The van der Waals surface area contributed by atoms with Gasteiger partial charge in [-0.2, -0.15) is 5.10 Å². The first kappa shape index (κ1) is 26.0. The van der Waals surface area contributed by atoms with E-state index in [0.29, 0.717) is 6.73 Å². The summed E-state index contributed by atoms with van der Waals surface area (Å²) in [5.41, 5.74) is 8.16. The predicted molar refractivity (Wildman–Crippen MR) is 159 cm³/mol. The summed E-state index contributed by atoms with van der Waals surface area (Å²) < 4.78 is 7.95. The second-order valence-electron chi connectivity index (χ2n) is 12.3. The molecule has 204 valence electrons. The molecule has 4 heterocycles. The standard InChI is InChI=1S/C31H39N5O2Si/c1-6-31(7-2)25-17-26-24(16-27(25)36(30(31)37)22-11-9-13-32-18-22)23-12-8-10-21-19-35(34-28(21)29(23)33-26)20-38-14-15-39(3,4)5/h9,11,13,16-19,33H,6-8,10,12,14-15,20H2,1-5H3. The molecule has 7 nitrogen and oxygen atoms in total. The monoisotopic (exact) mass is 541 g/mol. The molecule has 39 heavy (non-hydrogen) atoms. The summed E-state index contributed by atoms with van der Waals surface area (Å²) in [6.07, 6.45) is 10.2. The fourth-order valence-corrected chi connectivity index (χ4v) is 7.10. The van der Waals surface area contributed by atoms with Crippen molar-refractivity contribution < 1.29 is 9.53 Å². The maximum atomic E-state index is 14.0. The van der Waals surface area contributed by atoms with E-state index in [9.17, 15) is 4.79 Å². The van der Waals surface area contributed by atoms with Crippen LogP contribution in [0.2, 0.25) is 25.7 Å². The third kappa shape index (κ3) is 4.34. The van der Waals surface area contributed by atoms with Crippen LogP contribution in [0.15, 0.2) is 42.9 Å². The first-order chi connectivity index (χ1) is 18.8. The van der Waals surface area contributed by atoms with E-state index in [0.717, 1.165) is 78.6 Å². The van der Waals surface area contributed by atoms with Crippen molar-refractivity contribution >= 4 is 36.3 Å². The van der Waals surface area contributed by atoms with E-state index >= 15 is 0 Å². The van der Waals surface area contributed by atoms with Gasteiger partial charge >= 0.3 is 0 Å². The van der Waals surface area contributed by atoms with Gasteiger partial charge in [-0.15, -0.1) is 0 Å². The third-order valence-electron chi connectivity index (χ3n) is 8.67. The molecule has 0 unspecified atom stereocenters. The van der Waals surface area contributed by atoms with E-state index in [2.05, 4.69) is 61.8 Å². The zero-order valence-corrected chi connectivity index (χ0v) is 24.8. The molecule has 0 spiro atoms. The molecule has 4 aromatic rings. The van der Waals surface area contributed by atoms with Gasteiger partial charge in [0.2, 0.25) is 5.91 Å². The molecule has 0 saturated carbocycles. The van der Waals surface area contributed by atoms with Crippen LogP contribution >= 0.6 is 0 Å². The summed E-state index contributed by atoms with van der Waals surface area (Å²) in [7, 11) is -1.12. The second kappa shape index (κ2) is 9.75. The number of rotatable bonds is 8. The Morgan fingerprint density at radius 1 is 1.15 bits per heavy atom. The Balaban J connectivity index is 1.42. The summed E-state index contributed by atoms with van der Waals surface area (Å²) in [4.78, 5) is 23.9. The van der Waals surface area contributed by atoms with Crippen LogP contribution < -0.4 is 4.90 Å². The summed E-state index contributed by atoms with van der Waals surface area (Å²) in [6, 6.07) is 9.49. The Labute approximate surface area is 231 Å². The topological polar surface area (TPSA) is 76.0 Å². The Morgan fingerprint density at radius 3 is 2.69 bits per heavy atom. The number of amides is 1. The number of aryl methyl sites for hydroxylation is 2. The van der Waals surface area contributed by atoms with Gasteiger partial charge in [0.1, 0.15) is 12.4 Å². The third-order valence-corrected chi connectivity index (χ3v) is 10.4. The highest BCUT2D eigenvalue weighted by Crippen LogP contribution is 2.51. The van der Waals surface area contributed by atoms with Crippen molar-refractivity contribution in [1.82, 2.24) is 19.7 Å². The van der Waals surface area contributed by atoms with Crippen molar-refractivity contribution in [3.05, 3.63) is 59.5 Å². The molecule has 0 fully saturated rings. The van der Waals surface area contributed by atoms with Gasteiger partial charge in [0.05, 0.1) is 28.7 Å². The summed E-state index contributed by atoms with van der Waals surface area (Å²) in [5, 5.41) is 6.18. The first-order valence-electron chi connectivity index (χ1n) is 14.3. The van der Waals surface area contributed by atoms with Crippen LogP contribution in [0.25, 0.3) is 22.3 Å². The van der Waals surface area contributed by atoms with Gasteiger partial charge in [0.15, 0.2) is 0 Å². The highest BCUT2D eigenvalue weighted by atomic mass is 28.3. The summed E-state index contributed by atoms with van der Waals surface area (Å²) in [6.45, 7) is 12.6. The molecule has 1 N–H and O–H groups in total. The number of aromatic amines is 1. The number of carbonyl (C=O) groups excluding carboxylic acids is 1. The quantitative estimate of drug-likeness (QED) is 0.193. The van der Waals surface area contributed by atoms with Crippen molar-refractivity contribution in [2.75, 3.05) is 11.5 Å². The van der Waals surface area contributed by atoms with E-state index in [1.165, 1.54) is 16.5 Å². The van der Waals surface area contributed by atoms with Crippen molar-refractivity contribution in [1.29, 1.82) is 0 Å². The number of carbonyl (C=O) groups is 1. The summed E-state index contributed by atoms with van der Waals surface area (Å²) >= 11 is 0. The number of hydrogen-bond donors (Lipinski definition) is 1. The van der Waals surface area contributed by atoms with Crippen LogP contribution in [0.3, 0.4) is 0 Å². The Morgan fingerprint density at radius 2 is 1.97 bits per heavy atom. The Bertz CT molecular complexity index is 1530. The van der Waals surface area contributed by atoms with Crippen molar-refractivity contribution in [3.63, 3.8) is 0 Å². The number of benzene rings is 1. The minimum absolute atomic E-state index is 0.143. The van der Waals surface area contributed by atoms with Gasteiger partial charge in [-0.25, -0.2) is 4.68 Å². The van der Waals surface area contributed by atoms with Gasteiger partial charge in [0, 0.05) is 38.0 Å². The lowest BCUT2D eigenvalue weighted by Gasteiger charge is -2.26. The Kier molecular flexibility index (Phi) is 6.50. The van der Waals surface area contributed by atoms with E-state index in [1.807, 2.05) is 21.7 Å².